The number of hydrogen-bond donors (Lipinski definition) is 1. The molecule has 2 aromatic rings. The monoisotopic (exact) mass is 405 g/mol. The van der Waals surface area contributed by atoms with Crippen molar-refractivity contribution in [1.82, 2.24) is 4.90 Å². The molecular formula is C25H27NO4. The molecule has 1 aliphatic heterocycles. The Morgan fingerprint density at radius 1 is 1.03 bits per heavy atom. The van der Waals surface area contributed by atoms with Crippen molar-refractivity contribution in [2.24, 2.45) is 16.7 Å². The van der Waals surface area contributed by atoms with Crippen molar-refractivity contribution in [1.29, 1.82) is 0 Å². The summed E-state index contributed by atoms with van der Waals surface area (Å²) < 4.78 is 5.76. The maximum atomic E-state index is 12.9. The van der Waals surface area contributed by atoms with Crippen molar-refractivity contribution < 1.29 is 19.4 Å². The third-order valence-electron chi connectivity index (χ3n) is 7.20. The first-order valence-corrected chi connectivity index (χ1v) is 10.6. The minimum atomic E-state index is -0.806. The van der Waals surface area contributed by atoms with Gasteiger partial charge < -0.3 is 14.7 Å². The number of benzene rings is 2. The normalized spacial score (nSPS) is 23.0. The highest BCUT2D eigenvalue weighted by molar-refractivity contribution is 5.79. The predicted octanol–water partition coefficient (Wildman–Crippen LogP) is 4.76. The number of nitrogens with zero attached hydrogens (tertiary/aromatic N) is 1. The highest BCUT2D eigenvalue weighted by atomic mass is 16.6. The lowest BCUT2D eigenvalue weighted by Gasteiger charge is -2.53. The first kappa shape index (κ1) is 19.2. The predicted molar refractivity (Wildman–Crippen MR) is 113 cm³/mol. The Morgan fingerprint density at radius 2 is 1.60 bits per heavy atom. The van der Waals surface area contributed by atoms with Gasteiger partial charge in [0.1, 0.15) is 6.61 Å². The van der Waals surface area contributed by atoms with Crippen LogP contribution in [0.25, 0.3) is 11.1 Å². The molecule has 2 aromatic carbocycles. The van der Waals surface area contributed by atoms with E-state index in [1.807, 2.05) is 24.3 Å². The van der Waals surface area contributed by atoms with Gasteiger partial charge in [-0.15, -0.1) is 0 Å². The van der Waals surface area contributed by atoms with E-state index in [4.69, 9.17) is 4.74 Å². The van der Waals surface area contributed by atoms with Gasteiger partial charge in [-0.1, -0.05) is 62.4 Å². The molecule has 1 unspecified atom stereocenters. The summed E-state index contributed by atoms with van der Waals surface area (Å²) in [5, 5.41) is 9.73. The van der Waals surface area contributed by atoms with E-state index in [1.165, 1.54) is 22.3 Å². The number of ether oxygens (including phenoxy) is 1. The standard InChI is InChI=1S/C25H27NO4/c1-24(2)13-25(14-24)15-26(11-21(25)22(27)28)23(29)30-12-20-18-9-5-3-7-16(18)17-8-4-6-10-19(17)20/h3-10,20-21H,11-15H2,1-2H3,(H,27,28). The number of carboxylic acid groups (broad SMARTS) is 1. The summed E-state index contributed by atoms with van der Waals surface area (Å²) in [4.78, 5) is 26.4. The number of aliphatic carboxylic acids is 1. The molecule has 30 heavy (non-hydrogen) atoms. The van der Waals surface area contributed by atoms with Gasteiger partial charge in [-0.25, -0.2) is 4.79 Å². The van der Waals surface area contributed by atoms with Crippen molar-refractivity contribution in [2.75, 3.05) is 19.7 Å². The molecule has 5 rings (SSSR count). The largest absolute Gasteiger partial charge is 0.481 e. The van der Waals surface area contributed by atoms with E-state index < -0.39 is 18.0 Å². The smallest absolute Gasteiger partial charge is 0.409 e. The molecule has 1 saturated heterocycles. The minimum Gasteiger partial charge on any atom is -0.481 e. The molecule has 2 fully saturated rings. The van der Waals surface area contributed by atoms with Gasteiger partial charge in [-0.3, -0.25) is 4.79 Å². The van der Waals surface area contributed by atoms with Crippen LogP contribution < -0.4 is 0 Å². The van der Waals surface area contributed by atoms with Gasteiger partial charge in [-0.2, -0.15) is 0 Å². The molecule has 1 amide bonds. The maximum absolute atomic E-state index is 12.9. The van der Waals surface area contributed by atoms with Crippen LogP contribution >= 0.6 is 0 Å². The average Bonchev–Trinajstić information content (AvgIpc) is 3.22. The van der Waals surface area contributed by atoms with E-state index in [1.54, 1.807) is 4.90 Å². The summed E-state index contributed by atoms with van der Waals surface area (Å²) in [6.45, 7) is 5.30. The van der Waals surface area contributed by atoms with Crippen LogP contribution in [0.4, 0.5) is 4.79 Å². The molecule has 156 valence electrons. The summed E-state index contributed by atoms with van der Waals surface area (Å²) >= 11 is 0. The average molecular weight is 405 g/mol. The van der Waals surface area contributed by atoms with Gasteiger partial charge in [-0.05, 0) is 40.5 Å². The molecule has 1 spiro atoms. The first-order chi connectivity index (χ1) is 14.3. The fraction of sp³-hybridized carbons (Fsp3) is 0.440. The Kier molecular flexibility index (Phi) is 4.21. The second-order valence-corrected chi connectivity index (χ2v) is 9.96. The first-order valence-electron chi connectivity index (χ1n) is 10.6. The van der Waals surface area contributed by atoms with E-state index in [0.717, 1.165) is 12.8 Å². The van der Waals surface area contributed by atoms with Crippen molar-refractivity contribution in [2.45, 2.75) is 32.6 Å². The zero-order valence-electron chi connectivity index (χ0n) is 17.4. The Bertz CT molecular complexity index is 974. The van der Waals surface area contributed by atoms with Gasteiger partial charge in [0.2, 0.25) is 0 Å². The van der Waals surface area contributed by atoms with Crippen LogP contribution in [0, 0.1) is 16.7 Å². The lowest BCUT2D eigenvalue weighted by atomic mass is 9.51. The molecule has 1 saturated carbocycles. The number of carboxylic acids is 1. The van der Waals surface area contributed by atoms with Gasteiger partial charge in [0.05, 0.1) is 5.92 Å². The van der Waals surface area contributed by atoms with Crippen LogP contribution in [0.1, 0.15) is 43.7 Å². The Morgan fingerprint density at radius 3 is 2.13 bits per heavy atom. The molecule has 0 bridgehead atoms. The minimum absolute atomic E-state index is 0.0100. The van der Waals surface area contributed by atoms with E-state index >= 15 is 0 Å². The van der Waals surface area contributed by atoms with Gasteiger partial charge in [0.25, 0.3) is 0 Å². The van der Waals surface area contributed by atoms with E-state index in [-0.39, 0.29) is 29.9 Å². The number of amides is 1. The molecule has 1 N–H and O–H groups in total. The SMILES string of the molecule is CC1(C)CC2(CN(C(=O)OCC3c4ccccc4-c4ccccc43)CC2C(=O)O)C1. The van der Waals surface area contributed by atoms with Crippen molar-refractivity contribution >= 4 is 12.1 Å². The molecule has 3 aliphatic rings. The van der Waals surface area contributed by atoms with Crippen molar-refractivity contribution in [3.05, 3.63) is 59.7 Å². The van der Waals surface area contributed by atoms with E-state index in [2.05, 4.69) is 38.1 Å². The molecule has 5 heteroatoms. The molecule has 1 atom stereocenters. The van der Waals surface area contributed by atoms with Crippen LogP contribution in [0.15, 0.2) is 48.5 Å². The Labute approximate surface area is 176 Å². The number of hydrogen-bond acceptors (Lipinski definition) is 3. The second kappa shape index (κ2) is 6.59. The zero-order chi connectivity index (χ0) is 21.1. The fourth-order valence-electron chi connectivity index (χ4n) is 6.35. The Balaban J connectivity index is 1.31. The number of fused-ring (bicyclic) bond motifs is 3. The molecule has 2 aliphatic carbocycles. The molecular weight excluding hydrogens is 378 g/mol. The number of likely N-dealkylation sites (tertiary alicyclic amines) is 1. The zero-order valence-corrected chi connectivity index (χ0v) is 17.4. The molecule has 0 radical (unpaired) electrons. The van der Waals surface area contributed by atoms with Gasteiger partial charge in [0.15, 0.2) is 0 Å². The van der Waals surface area contributed by atoms with Crippen molar-refractivity contribution in [3.8, 4) is 11.1 Å². The van der Waals surface area contributed by atoms with Crippen molar-refractivity contribution in [3.63, 3.8) is 0 Å². The summed E-state index contributed by atoms with van der Waals surface area (Å²) in [6, 6.07) is 16.5. The maximum Gasteiger partial charge on any atom is 0.409 e. The second-order valence-electron chi connectivity index (χ2n) is 9.96. The summed E-state index contributed by atoms with van der Waals surface area (Å²) in [5.74, 6) is -1.30. The third-order valence-corrected chi connectivity index (χ3v) is 7.20. The number of rotatable bonds is 3. The summed E-state index contributed by atoms with van der Waals surface area (Å²) in [6.07, 6.45) is 1.28. The molecule has 1 heterocycles. The van der Waals surface area contributed by atoms with Gasteiger partial charge in [0, 0.05) is 24.4 Å². The lowest BCUT2D eigenvalue weighted by Crippen LogP contribution is -2.50. The quantitative estimate of drug-likeness (QED) is 0.800. The lowest BCUT2D eigenvalue weighted by molar-refractivity contribution is -0.151. The highest BCUT2D eigenvalue weighted by Gasteiger charge is 2.61. The fourth-order valence-corrected chi connectivity index (χ4v) is 6.35. The molecule has 5 nitrogen and oxygen atoms in total. The number of carbonyl (C=O) groups excluding carboxylic acids is 1. The molecule has 0 aromatic heterocycles. The van der Waals surface area contributed by atoms with E-state index in [9.17, 15) is 14.7 Å². The van der Waals surface area contributed by atoms with Gasteiger partial charge >= 0.3 is 12.1 Å². The van der Waals surface area contributed by atoms with Crippen LogP contribution in [-0.2, 0) is 9.53 Å². The van der Waals surface area contributed by atoms with Crippen LogP contribution in [0.5, 0.6) is 0 Å². The summed E-state index contributed by atoms with van der Waals surface area (Å²) in [7, 11) is 0. The Hall–Kier alpha value is -2.82. The van der Waals surface area contributed by atoms with Crippen LogP contribution in [0.2, 0.25) is 0 Å². The number of carbonyl (C=O) groups is 2. The van der Waals surface area contributed by atoms with Crippen LogP contribution in [0.3, 0.4) is 0 Å². The third kappa shape index (κ3) is 2.91. The highest BCUT2D eigenvalue weighted by Crippen LogP contribution is 2.60. The topological polar surface area (TPSA) is 66.8 Å². The van der Waals surface area contributed by atoms with Crippen LogP contribution in [-0.4, -0.2) is 41.8 Å². The van der Waals surface area contributed by atoms with E-state index in [0.29, 0.717) is 6.54 Å². The summed E-state index contributed by atoms with van der Waals surface area (Å²) in [5.41, 5.74) is 4.57.